The monoisotopic (exact) mass is 331 g/mol. The zero-order chi connectivity index (χ0) is 16.1. The standard InChI is InChI=1S/C15H19F2NO3S/c1-9-7-12(17)13(8-11(9)16)22(19,20)18-15(2)5-6-21-14(15)10-3-4-10/h7-8,10,14,18H,3-6H2,1-2H3. The van der Waals surface area contributed by atoms with Gasteiger partial charge in [0.2, 0.25) is 10.0 Å². The topological polar surface area (TPSA) is 55.4 Å². The Hall–Kier alpha value is -1.05. The summed E-state index contributed by atoms with van der Waals surface area (Å²) in [6, 6.07) is 1.63. The summed E-state index contributed by atoms with van der Waals surface area (Å²) in [4.78, 5) is -0.654. The van der Waals surface area contributed by atoms with Gasteiger partial charge in [-0.1, -0.05) is 0 Å². The van der Waals surface area contributed by atoms with Crippen LogP contribution < -0.4 is 4.72 Å². The Balaban J connectivity index is 1.92. The van der Waals surface area contributed by atoms with Crippen LogP contribution in [0.2, 0.25) is 0 Å². The second-order valence-corrected chi connectivity index (χ2v) is 8.08. The van der Waals surface area contributed by atoms with Crippen molar-refractivity contribution >= 4 is 10.0 Å². The minimum absolute atomic E-state index is 0.0720. The number of hydrogen-bond donors (Lipinski definition) is 1. The normalized spacial score (nSPS) is 29.0. The highest BCUT2D eigenvalue weighted by molar-refractivity contribution is 7.89. The average molecular weight is 331 g/mol. The van der Waals surface area contributed by atoms with E-state index in [1.165, 1.54) is 6.92 Å². The van der Waals surface area contributed by atoms with Gasteiger partial charge in [-0.15, -0.1) is 0 Å². The maximum atomic E-state index is 14.0. The van der Waals surface area contributed by atoms with E-state index in [9.17, 15) is 17.2 Å². The lowest BCUT2D eigenvalue weighted by Gasteiger charge is -2.31. The van der Waals surface area contributed by atoms with Crippen LogP contribution in [0.1, 0.15) is 31.7 Å². The number of hydrogen-bond acceptors (Lipinski definition) is 3. The van der Waals surface area contributed by atoms with Crippen LogP contribution in [0.25, 0.3) is 0 Å². The number of halogens is 2. The molecular formula is C15H19F2NO3S. The SMILES string of the molecule is Cc1cc(F)c(S(=O)(=O)NC2(C)CCOC2C2CC2)cc1F. The minimum atomic E-state index is -4.16. The van der Waals surface area contributed by atoms with Gasteiger partial charge in [0.15, 0.2) is 0 Å². The molecule has 1 aliphatic carbocycles. The average Bonchev–Trinajstić information content (AvgIpc) is 3.17. The summed E-state index contributed by atoms with van der Waals surface area (Å²) in [5, 5.41) is 0. The highest BCUT2D eigenvalue weighted by Gasteiger charge is 2.50. The summed E-state index contributed by atoms with van der Waals surface area (Å²) in [6.45, 7) is 3.62. The molecule has 7 heteroatoms. The first-order valence-electron chi connectivity index (χ1n) is 7.34. The Bertz CT molecular complexity index is 703. The molecule has 0 amide bonds. The molecule has 0 aromatic heterocycles. The molecule has 1 aliphatic heterocycles. The molecule has 2 atom stereocenters. The first-order chi connectivity index (χ1) is 10.2. The lowest BCUT2D eigenvalue weighted by Crippen LogP contribution is -2.52. The Morgan fingerprint density at radius 1 is 1.27 bits per heavy atom. The Morgan fingerprint density at radius 2 is 1.95 bits per heavy atom. The Morgan fingerprint density at radius 3 is 2.59 bits per heavy atom. The zero-order valence-electron chi connectivity index (χ0n) is 12.5. The molecule has 0 radical (unpaired) electrons. The van der Waals surface area contributed by atoms with Crippen molar-refractivity contribution in [1.82, 2.24) is 4.72 Å². The van der Waals surface area contributed by atoms with Gasteiger partial charge in [-0.25, -0.2) is 21.9 Å². The molecule has 1 aromatic rings. The summed E-state index contributed by atoms with van der Waals surface area (Å²) in [5.41, 5.74) is -0.712. The third-order valence-electron chi connectivity index (χ3n) is 4.47. The highest BCUT2D eigenvalue weighted by Crippen LogP contribution is 2.43. The van der Waals surface area contributed by atoms with E-state index < -0.39 is 32.1 Å². The molecular weight excluding hydrogens is 312 g/mol. The summed E-state index contributed by atoms with van der Waals surface area (Å²) in [7, 11) is -4.16. The first-order valence-corrected chi connectivity index (χ1v) is 8.82. The van der Waals surface area contributed by atoms with Crippen molar-refractivity contribution < 1.29 is 21.9 Å². The van der Waals surface area contributed by atoms with Crippen LogP contribution in [0.15, 0.2) is 17.0 Å². The lowest BCUT2D eigenvalue weighted by molar-refractivity contribution is 0.0629. The third kappa shape index (κ3) is 2.77. The van der Waals surface area contributed by atoms with Gasteiger partial charge >= 0.3 is 0 Å². The second-order valence-electron chi connectivity index (χ2n) is 6.43. The predicted molar refractivity (Wildman–Crippen MR) is 76.9 cm³/mol. The number of sulfonamides is 1. The molecule has 1 N–H and O–H groups in total. The van der Waals surface area contributed by atoms with Crippen molar-refractivity contribution in [2.24, 2.45) is 5.92 Å². The van der Waals surface area contributed by atoms with E-state index in [1.54, 1.807) is 6.92 Å². The molecule has 0 spiro atoms. The molecule has 0 bridgehead atoms. The molecule has 1 saturated carbocycles. The van der Waals surface area contributed by atoms with Gasteiger partial charge in [-0.05, 0) is 56.7 Å². The molecule has 1 heterocycles. The number of aryl methyl sites for hydroxylation is 1. The van der Waals surface area contributed by atoms with Crippen molar-refractivity contribution in [2.75, 3.05) is 6.61 Å². The molecule has 122 valence electrons. The Labute approximate surface area is 128 Å². The second kappa shape index (κ2) is 5.25. The zero-order valence-corrected chi connectivity index (χ0v) is 13.3. The number of rotatable bonds is 4. The smallest absolute Gasteiger partial charge is 0.244 e. The van der Waals surface area contributed by atoms with E-state index in [4.69, 9.17) is 4.74 Å². The fourth-order valence-corrected chi connectivity index (χ4v) is 4.60. The van der Waals surface area contributed by atoms with Crippen LogP contribution >= 0.6 is 0 Å². The predicted octanol–water partition coefficient (Wildman–Crippen LogP) is 2.51. The molecule has 1 aromatic carbocycles. The van der Waals surface area contributed by atoms with E-state index >= 15 is 0 Å². The summed E-state index contributed by atoms with van der Waals surface area (Å²) in [6.07, 6.45) is 2.33. The van der Waals surface area contributed by atoms with Crippen LogP contribution in [0.4, 0.5) is 8.78 Å². The Kier molecular flexibility index (Phi) is 3.78. The van der Waals surface area contributed by atoms with E-state index in [0.717, 1.165) is 25.0 Å². The molecule has 2 fully saturated rings. The highest BCUT2D eigenvalue weighted by atomic mass is 32.2. The van der Waals surface area contributed by atoms with Gasteiger partial charge < -0.3 is 4.74 Å². The fourth-order valence-electron chi connectivity index (χ4n) is 3.08. The van der Waals surface area contributed by atoms with E-state index in [2.05, 4.69) is 4.72 Å². The summed E-state index contributed by atoms with van der Waals surface area (Å²) < 4.78 is 60.8. The molecule has 4 nitrogen and oxygen atoms in total. The van der Waals surface area contributed by atoms with E-state index in [0.29, 0.717) is 18.9 Å². The van der Waals surface area contributed by atoms with Crippen molar-refractivity contribution in [2.45, 2.75) is 49.6 Å². The summed E-state index contributed by atoms with van der Waals surface area (Å²) in [5.74, 6) is -1.35. The summed E-state index contributed by atoms with van der Waals surface area (Å²) >= 11 is 0. The van der Waals surface area contributed by atoms with Crippen LogP contribution in [0.5, 0.6) is 0 Å². The van der Waals surface area contributed by atoms with Gasteiger partial charge in [0.1, 0.15) is 16.5 Å². The van der Waals surface area contributed by atoms with Crippen LogP contribution in [0.3, 0.4) is 0 Å². The first kappa shape index (κ1) is 15.8. The van der Waals surface area contributed by atoms with Crippen molar-refractivity contribution in [3.63, 3.8) is 0 Å². The number of ether oxygens (including phenoxy) is 1. The molecule has 22 heavy (non-hydrogen) atoms. The maximum Gasteiger partial charge on any atom is 0.244 e. The van der Waals surface area contributed by atoms with Crippen molar-refractivity contribution in [3.05, 3.63) is 29.3 Å². The third-order valence-corrected chi connectivity index (χ3v) is 6.09. The number of benzene rings is 1. The number of nitrogens with one attached hydrogen (secondary N) is 1. The van der Waals surface area contributed by atoms with E-state index in [1.807, 2.05) is 0 Å². The van der Waals surface area contributed by atoms with Gasteiger partial charge in [-0.3, -0.25) is 0 Å². The van der Waals surface area contributed by atoms with Gasteiger partial charge in [0.25, 0.3) is 0 Å². The molecule has 2 unspecified atom stereocenters. The van der Waals surface area contributed by atoms with Crippen LogP contribution in [0, 0.1) is 24.5 Å². The van der Waals surface area contributed by atoms with Crippen molar-refractivity contribution in [1.29, 1.82) is 0 Å². The molecule has 1 saturated heterocycles. The quantitative estimate of drug-likeness (QED) is 0.922. The van der Waals surface area contributed by atoms with Gasteiger partial charge in [0, 0.05) is 6.61 Å². The fraction of sp³-hybridized carbons (Fsp3) is 0.600. The van der Waals surface area contributed by atoms with Crippen LogP contribution in [-0.4, -0.2) is 26.7 Å². The van der Waals surface area contributed by atoms with Crippen LogP contribution in [-0.2, 0) is 14.8 Å². The van der Waals surface area contributed by atoms with Gasteiger partial charge in [-0.2, -0.15) is 0 Å². The largest absolute Gasteiger partial charge is 0.376 e. The van der Waals surface area contributed by atoms with E-state index in [-0.39, 0.29) is 11.7 Å². The molecule has 3 rings (SSSR count). The lowest BCUT2D eigenvalue weighted by atomic mass is 9.92. The van der Waals surface area contributed by atoms with Crippen molar-refractivity contribution in [3.8, 4) is 0 Å². The molecule has 2 aliphatic rings. The maximum absolute atomic E-state index is 14.0. The van der Waals surface area contributed by atoms with Gasteiger partial charge in [0.05, 0.1) is 11.6 Å². The minimum Gasteiger partial charge on any atom is -0.376 e.